The minimum Gasteiger partial charge on any atom is -0.323 e. The maximum absolute atomic E-state index is 17.3. The molecule has 74 nitrogen and oxygen atoms in total. The van der Waals surface area contributed by atoms with E-state index in [4.69, 9.17) is 9.57 Å². The summed E-state index contributed by atoms with van der Waals surface area (Å²) in [7, 11) is 1.60. The minimum atomic E-state index is -2.64. The van der Waals surface area contributed by atoms with Crippen LogP contribution in [0.2, 0.25) is 0 Å². The van der Waals surface area contributed by atoms with Gasteiger partial charge in [-0.2, -0.15) is 4.84 Å². The number of nitrogens with zero attached hydrogens (tertiary/aromatic N) is 48. The Bertz CT molecular complexity index is 6770. The van der Waals surface area contributed by atoms with E-state index in [9.17, 15) is 0 Å². The van der Waals surface area contributed by atoms with Gasteiger partial charge in [-0.25, -0.2) is 130 Å². The van der Waals surface area contributed by atoms with Gasteiger partial charge in [0.25, 0.3) is 12.0 Å². The van der Waals surface area contributed by atoms with E-state index in [1.807, 2.05) is 0 Å². The van der Waals surface area contributed by atoms with Crippen LogP contribution in [0.25, 0.3) is 0 Å². The molecule has 76 heteroatoms. The third-order valence-electron chi connectivity index (χ3n) is 38.7. The van der Waals surface area contributed by atoms with Crippen LogP contribution in [0.3, 0.4) is 0 Å². The molecule has 48 amide bonds. The van der Waals surface area contributed by atoms with Gasteiger partial charge in [0.1, 0.15) is 159 Å². The molecule has 0 aliphatic carbocycles. The highest BCUT2D eigenvalue weighted by molar-refractivity contribution is 8.76. The lowest BCUT2D eigenvalue weighted by Crippen LogP contribution is -2.70. The standard InChI is InChI=1S/C74H75N48O26S2/c123-50-77-3-84-32-34-93(56(84)129)11-100-40-42-110(65(100)138)20-117-49-74(120(71(117)144)22-113-44-43-103(67(113)140)13-96-36-35-87(58(96)131)5-80(50)28-27(77)78-4-85(32)57(130)94(34)12-101(40)66(139)111(42)21-118(49)72(145)121(74)23-114(44)68(141)104(43)14-97(36)59(132)88(35)6-81(28)51(78)124)147-25-149-150-26-148-122-24-119-46-45-105-15-98-38-37-89(60(98)133)7-82-30-29-75(52(82)125)1-79-31-33-90(54(79)127)9-95-39-41-106(62(95)135)17-112-47(48(122)116(69(112)142)19-109(46)64(105)137)115(73(122)146)18-108(41)63(136)99(39)10-92(33)55(128)83(31)2-76(29)53(126)86(30)8-91(37)61(134)102(38)16-107(45)70(119)143/h27-49H,1-26H2/q+1/t27?,28?,29-,30+,31+,32?,33-,34?,35?,36?,37-,38+,39+,40?,41-,42?,43?,44?,45-,46+,47+,48-,49?,74?,122?/m1/s1. The molecule has 0 N–H and O–H groups in total. The maximum Gasteiger partial charge on any atom is 0.458 e. The fraction of sp³-hybridized carbons (Fsp3) is 0.676. The molecule has 36 aliphatic rings. The number of ether oxygens (including phenoxy) is 1. The van der Waals surface area contributed by atoms with Crippen LogP contribution >= 0.6 is 21.6 Å². The fourth-order valence-corrected chi connectivity index (χ4v) is 34.2. The second-order valence-corrected chi connectivity index (χ2v) is 46.2. The molecule has 36 rings (SSSR count). The first-order valence-corrected chi connectivity index (χ1v) is 51.3. The van der Waals surface area contributed by atoms with E-state index in [1.165, 1.54) is 211 Å². The van der Waals surface area contributed by atoms with Crippen molar-refractivity contribution in [3.63, 3.8) is 0 Å². The Morgan fingerprint density at radius 1 is 0.173 bits per heavy atom. The predicted octanol–water partition coefficient (Wildman–Crippen LogP) is -10.2. The van der Waals surface area contributed by atoms with Crippen molar-refractivity contribution in [2.75, 3.05) is 172 Å². The molecule has 36 saturated heterocycles. The highest BCUT2D eigenvalue weighted by Crippen LogP contribution is 2.60. The van der Waals surface area contributed by atoms with Crippen LogP contribution in [-0.2, 0) is 9.57 Å². The van der Waals surface area contributed by atoms with Crippen LogP contribution in [0.1, 0.15) is 0 Å². The van der Waals surface area contributed by atoms with Gasteiger partial charge >= 0.3 is 145 Å². The molecule has 36 heterocycles. The summed E-state index contributed by atoms with van der Waals surface area (Å²) >= 11 is 0. The third kappa shape index (κ3) is 7.83. The van der Waals surface area contributed by atoms with E-state index < -0.39 is 469 Å². The van der Waals surface area contributed by atoms with E-state index in [0.717, 1.165) is 41.2 Å². The minimum absolute atomic E-state index is 0.580. The van der Waals surface area contributed by atoms with Gasteiger partial charge < -0.3 is 4.74 Å². The lowest BCUT2D eigenvalue weighted by molar-refractivity contribution is -1.06. The van der Waals surface area contributed by atoms with E-state index >= 15 is 115 Å². The Kier molecular flexibility index (Phi) is 12.9. The smallest absolute Gasteiger partial charge is 0.323 e. The molecule has 0 radical (unpaired) electrons. The highest BCUT2D eigenvalue weighted by atomic mass is 33.1. The first-order chi connectivity index (χ1) is 72.4. The number of amides is 48. The molecule has 1 unspecified atom stereocenters. The third-order valence-corrected chi connectivity index (χ3v) is 40.4. The van der Waals surface area contributed by atoms with Gasteiger partial charge in [-0.05, 0) is 0 Å². The zero-order valence-electron chi connectivity index (χ0n) is 77.1. The molecular formula is C74H75N48O26S2+. The summed E-state index contributed by atoms with van der Waals surface area (Å²) < 4.78 is 5.89. The molecule has 36 aliphatic heterocycles. The molecule has 150 heavy (non-hydrogen) atoms. The van der Waals surface area contributed by atoms with Crippen molar-refractivity contribution < 1.29 is 129 Å². The summed E-state index contributed by atoms with van der Waals surface area (Å²) in [4.78, 5) is 452. The number of quaternary nitrogens is 1. The molecule has 13 atom stereocenters. The van der Waals surface area contributed by atoms with Gasteiger partial charge in [0.05, 0.1) is 0 Å². The lowest BCUT2D eigenvalue weighted by atomic mass is 10.2. The van der Waals surface area contributed by atoms with Gasteiger partial charge in [-0.3, -0.25) is 216 Å². The van der Waals surface area contributed by atoms with Crippen LogP contribution in [-0.4, -0.2) is 699 Å². The van der Waals surface area contributed by atoms with Crippen LogP contribution in [0.4, 0.5) is 115 Å². The SMILES string of the molecule is O=C1N2CN3C(=O)N4CN5C(=O)N6CN7C(=O)N8CN9C(=O)N%10CN%11C(=O)N%12CN1C1C2N2CN%13C(=O)N(CN%14C(=O)N(CN%15C(=O)N(CN%16C(=O)N(CN%17C(=O)N(CN1C2=O)C%12C%11%17)C%10C9%16)C8(OCSSCO[N+]12CN8C(=O)N9CN%10C(=O)N%11CN%12C(=O)N%16CN%17C(=O)N%18CN%19C(=O)N%20CN(C1=O)[C@H]1[C@@H]2N2CN%21C(=O)N(CN%22C(=O)N(CN%23C(=O)N(CN%24C(=O)N(CN%25C(=O)N(CN1C2=O)[C@H]%20[C@@H]%25%19)[C@H]%18[C@@H]%24%17)[C@H]%16[C@@H]%23%12)[C@H]%11[C@@H]%22%10)[C@H]9[C@@H]%218)C7%15)C6C5%14)C4C3%13. The van der Waals surface area contributed by atoms with Gasteiger partial charge in [0, 0.05) is 0 Å². The second kappa shape index (κ2) is 24.1. The quantitative estimate of drug-likeness (QED) is 0.0988. The normalized spacial score (nSPS) is 40.8. The summed E-state index contributed by atoms with van der Waals surface area (Å²) in [6.07, 6.45) is -33.1. The van der Waals surface area contributed by atoms with Crippen LogP contribution < -0.4 is 0 Å². The van der Waals surface area contributed by atoms with Gasteiger partial charge in [-0.15, -0.1) is 0 Å². The van der Waals surface area contributed by atoms with Crippen molar-refractivity contribution in [2.24, 2.45) is 0 Å². The zero-order chi connectivity index (χ0) is 100. The molecule has 36 fully saturated rings. The Hall–Kier alpha value is -16.7. The van der Waals surface area contributed by atoms with E-state index in [-0.39, 0.29) is 0 Å². The van der Waals surface area contributed by atoms with E-state index in [2.05, 4.69) is 0 Å². The summed E-state index contributed by atoms with van der Waals surface area (Å²) in [6, 6.07) is -20.5. The zero-order valence-corrected chi connectivity index (χ0v) is 78.7. The van der Waals surface area contributed by atoms with Gasteiger partial charge in [0.2, 0.25) is 6.67 Å². The highest BCUT2D eigenvalue weighted by Gasteiger charge is 2.85. The van der Waals surface area contributed by atoms with Crippen molar-refractivity contribution >= 4 is 166 Å². The Morgan fingerprint density at radius 3 is 0.540 bits per heavy atom. The Balaban J connectivity index is 0.460. The van der Waals surface area contributed by atoms with Crippen LogP contribution in [0.5, 0.6) is 0 Å². The average molecular weight is 2120 g/mol. The first-order valence-electron chi connectivity index (χ1n) is 48.8. The first kappa shape index (κ1) is 80.4. The molecule has 0 bridgehead atoms. The molecule has 0 aromatic rings. The summed E-state index contributed by atoms with van der Waals surface area (Å²) in [5, 5.41) is 0. The van der Waals surface area contributed by atoms with E-state index in [0.29, 0.717) is 0 Å². The number of urea groups is 24. The molecule has 0 saturated carbocycles. The molecule has 0 spiro atoms. The van der Waals surface area contributed by atoms with Crippen molar-refractivity contribution in [1.82, 2.24) is 230 Å². The predicted molar refractivity (Wildman–Crippen MR) is 450 cm³/mol. The number of hydroxylamine groups is 3. The van der Waals surface area contributed by atoms with Crippen molar-refractivity contribution in [3.05, 3.63) is 0 Å². The monoisotopic (exact) mass is 2120 g/mol. The number of carbonyl (C=O) groups excluding carboxylic acids is 24. The molecule has 0 aromatic heterocycles. The number of rotatable bonds is 7. The number of carbonyl (C=O) groups is 24. The Labute approximate surface area is 842 Å². The summed E-state index contributed by atoms with van der Waals surface area (Å²) in [5.41, 5.74) is 0. The second-order valence-electron chi connectivity index (χ2n) is 43.8. The fourth-order valence-electron chi connectivity index (χ4n) is 33.0. The van der Waals surface area contributed by atoms with Gasteiger partial charge in [-0.1, -0.05) is 26.2 Å². The average Bonchev–Trinajstić information content (AvgIpc) is 1.49. The Morgan fingerprint density at radius 2 is 0.327 bits per heavy atom. The maximum atomic E-state index is 17.3. The van der Waals surface area contributed by atoms with Crippen molar-refractivity contribution in [3.8, 4) is 0 Å². The van der Waals surface area contributed by atoms with Crippen molar-refractivity contribution in [2.45, 2.75) is 148 Å². The van der Waals surface area contributed by atoms with E-state index in [1.54, 1.807) is 0 Å². The molecule has 778 valence electrons. The summed E-state index contributed by atoms with van der Waals surface area (Å²) in [5.74, 6) is -4.07. The van der Waals surface area contributed by atoms with Crippen LogP contribution in [0, 0.1) is 0 Å². The molecule has 0 aromatic carbocycles. The van der Waals surface area contributed by atoms with Crippen LogP contribution in [0.15, 0.2) is 0 Å². The largest absolute Gasteiger partial charge is 0.458 e. The number of hydrogen-bond acceptors (Lipinski definition) is 28. The van der Waals surface area contributed by atoms with Crippen molar-refractivity contribution in [1.29, 1.82) is 0 Å². The summed E-state index contributed by atoms with van der Waals surface area (Å²) in [6.45, 7) is -16.8. The van der Waals surface area contributed by atoms with Gasteiger partial charge in [0.15, 0.2) is 142 Å². The molecular weight excluding hydrogens is 2040 g/mol. The lowest BCUT2D eigenvalue weighted by Gasteiger charge is -2.47. The topological polar surface area (TPSA) is 580 Å². The number of hydrogen-bond donors (Lipinski definition) is 0.